The summed E-state index contributed by atoms with van der Waals surface area (Å²) in [7, 11) is 0. The van der Waals surface area contributed by atoms with Crippen LogP contribution in [0.5, 0.6) is 0 Å². The van der Waals surface area contributed by atoms with Gasteiger partial charge in [0.1, 0.15) is 6.29 Å². The molecule has 1 rings (SSSR count). The minimum absolute atomic E-state index is 0.178. The van der Waals surface area contributed by atoms with Gasteiger partial charge in [0.05, 0.1) is 0 Å². The van der Waals surface area contributed by atoms with Crippen molar-refractivity contribution in [1.29, 1.82) is 0 Å². The lowest BCUT2D eigenvalue weighted by Crippen LogP contribution is -2.09. The third kappa shape index (κ3) is 3.73. The first kappa shape index (κ1) is 11.0. The smallest absolute Gasteiger partial charge is 0.123 e. The molecule has 0 heterocycles. The van der Waals surface area contributed by atoms with Gasteiger partial charge in [-0.05, 0) is 24.3 Å². The molecule has 0 bridgehead atoms. The lowest BCUT2D eigenvalue weighted by molar-refractivity contribution is -0.111. The van der Waals surface area contributed by atoms with E-state index in [1.807, 2.05) is 18.2 Å². The fourth-order valence-corrected chi connectivity index (χ4v) is 1.71. The van der Waals surface area contributed by atoms with Crippen LogP contribution in [0.4, 0.5) is 0 Å². The largest absolute Gasteiger partial charge is 0.303 e. The van der Waals surface area contributed by atoms with Gasteiger partial charge in [-0.15, -0.1) is 0 Å². The first-order valence-electron chi connectivity index (χ1n) is 5.21. The molecule has 76 valence electrons. The SMILES string of the molecule is CC(C)C[C@@H](C=O)Cc1ccccc1. The molecule has 0 aromatic heterocycles. The minimum atomic E-state index is 0.178. The van der Waals surface area contributed by atoms with Crippen LogP contribution in [0.25, 0.3) is 0 Å². The maximum Gasteiger partial charge on any atom is 0.123 e. The molecular formula is C13H18O. The van der Waals surface area contributed by atoms with Gasteiger partial charge in [0.2, 0.25) is 0 Å². The van der Waals surface area contributed by atoms with Crippen molar-refractivity contribution in [3.63, 3.8) is 0 Å². The van der Waals surface area contributed by atoms with E-state index in [2.05, 4.69) is 26.0 Å². The zero-order valence-corrected chi connectivity index (χ0v) is 8.94. The fraction of sp³-hybridized carbons (Fsp3) is 0.462. The van der Waals surface area contributed by atoms with Crippen LogP contribution < -0.4 is 0 Å². The highest BCUT2D eigenvalue weighted by molar-refractivity contribution is 5.54. The van der Waals surface area contributed by atoms with Crippen molar-refractivity contribution in [2.24, 2.45) is 11.8 Å². The van der Waals surface area contributed by atoms with E-state index in [1.165, 1.54) is 5.56 Å². The van der Waals surface area contributed by atoms with Crippen molar-refractivity contribution < 1.29 is 4.79 Å². The Morgan fingerprint density at radius 2 is 1.86 bits per heavy atom. The van der Waals surface area contributed by atoms with Crippen LogP contribution in [0.1, 0.15) is 25.8 Å². The van der Waals surface area contributed by atoms with Crippen LogP contribution in [0.15, 0.2) is 30.3 Å². The van der Waals surface area contributed by atoms with Crippen LogP contribution in [0.2, 0.25) is 0 Å². The Hall–Kier alpha value is -1.11. The van der Waals surface area contributed by atoms with E-state index in [0.717, 1.165) is 19.1 Å². The van der Waals surface area contributed by atoms with Gasteiger partial charge in [-0.25, -0.2) is 0 Å². The standard InChI is InChI=1S/C13H18O/c1-11(2)8-13(10-14)9-12-6-4-3-5-7-12/h3-7,10-11,13H,8-9H2,1-2H3/t13-/m1/s1. The highest BCUT2D eigenvalue weighted by atomic mass is 16.1. The van der Waals surface area contributed by atoms with Gasteiger partial charge < -0.3 is 4.79 Å². The van der Waals surface area contributed by atoms with Gasteiger partial charge in [0.25, 0.3) is 0 Å². The highest BCUT2D eigenvalue weighted by Gasteiger charge is 2.09. The summed E-state index contributed by atoms with van der Waals surface area (Å²) in [4.78, 5) is 10.8. The van der Waals surface area contributed by atoms with Crippen LogP contribution in [0, 0.1) is 11.8 Å². The zero-order chi connectivity index (χ0) is 10.4. The molecule has 0 N–H and O–H groups in total. The quantitative estimate of drug-likeness (QED) is 0.652. The first-order chi connectivity index (χ1) is 6.72. The molecule has 1 aromatic rings. The number of aldehydes is 1. The molecule has 14 heavy (non-hydrogen) atoms. The molecule has 0 aliphatic carbocycles. The third-order valence-electron chi connectivity index (χ3n) is 2.31. The Morgan fingerprint density at radius 3 is 2.36 bits per heavy atom. The summed E-state index contributed by atoms with van der Waals surface area (Å²) in [5.74, 6) is 0.770. The Morgan fingerprint density at radius 1 is 1.21 bits per heavy atom. The van der Waals surface area contributed by atoms with E-state index >= 15 is 0 Å². The summed E-state index contributed by atoms with van der Waals surface area (Å²) in [6, 6.07) is 10.2. The van der Waals surface area contributed by atoms with Crippen LogP contribution >= 0.6 is 0 Å². The summed E-state index contributed by atoms with van der Waals surface area (Å²) >= 11 is 0. The van der Waals surface area contributed by atoms with Crippen molar-refractivity contribution in [3.8, 4) is 0 Å². The molecule has 0 radical (unpaired) electrons. The molecular weight excluding hydrogens is 172 g/mol. The Kier molecular flexibility index (Phi) is 4.37. The van der Waals surface area contributed by atoms with Gasteiger partial charge in [0.15, 0.2) is 0 Å². The maximum atomic E-state index is 10.8. The van der Waals surface area contributed by atoms with E-state index < -0.39 is 0 Å². The van der Waals surface area contributed by atoms with E-state index in [1.54, 1.807) is 0 Å². The van der Waals surface area contributed by atoms with Crippen molar-refractivity contribution in [2.75, 3.05) is 0 Å². The normalized spacial score (nSPS) is 12.8. The third-order valence-corrected chi connectivity index (χ3v) is 2.31. The van der Waals surface area contributed by atoms with Gasteiger partial charge in [-0.3, -0.25) is 0 Å². The molecule has 1 nitrogen and oxygen atoms in total. The van der Waals surface area contributed by atoms with Crippen molar-refractivity contribution in [3.05, 3.63) is 35.9 Å². The average Bonchev–Trinajstić information content (AvgIpc) is 2.17. The average molecular weight is 190 g/mol. The molecule has 0 amide bonds. The van der Waals surface area contributed by atoms with E-state index in [0.29, 0.717) is 5.92 Å². The number of benzene rings is 1. The van der Waals surface area contributed by atoms with E-state index in [-0.39, 0.29) is 5.92 Å². The zero-order valence-electron chi connectivity index (χ0n) is 8.94. The molecule has 0 saturated carbocycles. The van der Waals surface area contributed by atoms with Gasteiger partial charge >= 0.3 is 0 Å². The predicted octanol–water partition coefficient (Wildman–Crippen LogP) is 3.09. The summed E-state index contributed by atoms with van der Waals surface area (Å²) in [5, 5.41) is 0. The molecule has 1 aromatic carbocycles. The topological polar surface area (TPSA) is 17.1 Å². The monoisotopic (exact) mass is 190 g/mol. The lowest BCUT2D eigenvalue weighted by Gasteiger charge is -2.12. The fourth-order valence-electron chi connectivity index (χ4n) is 1.71. The van der Waals surface area contributed by atoms with E-state index in [9.17, 15) is 4.79 Å². The Bertz CT molecular complexity index is 264. The summed E-state index contributed by atoms with van der Waals surface area (Å²) in [6.45, 7) is 4.31. The molecule has 0 saturated heterocycles. The number of carbonyl (C=O) groups excluding carboxylic acids is 1. The Labute approximate surface area is 86.1 Å². The molecule has 0 aliphatic heterocycles. The number of carbonyl (C=O) groups is 1. The Balaban J connectivity index is 2.53. The summed E-state index contributed by atoms with van der Waals surface area (Å²) < 4.78 is 0. The molecule has 0 fully saturated rings. The minimum Gasteiger partial charge on any atom is -0.303 e. The van der Waals surface area contributed by atoms with Crippen molar-refractivity contribution in [1.82, 2.24) is 0 Å². The molecule has 0 spiro atoms. The second kappa shape index (κ2) is 5.58. The lowest BCUT2D eigenvalue weighted by atomic mass is 9.92. The second-order valence-electron chi connectivity index (χ2n) is 4.22. The van der Waals surface area contributed by atoms with Crippen LogP contribution in [-0.4, -0.2) is 6.29 Å². The maximum absolute atomic E-state index is 10.8. The highest BCUT2D eigenvalue weighted by Crippen LogP contribution is 2.15. The summed E-state index contributed by atoms with van der Waals surface area (Å²) in [6.07, 6.45) is 2.95. The second-order valence-corrected chi connectivity index (χ2v) is 4.22. The van der Waals surface area contributed by atoms with Crippen molar-refractivity contribution in [2.45, 2.75) is 26.7 Å². The predicted molar refractivity (Wildman–Crippen MR) is 59.2 cm³/mol. The molecule has 0 unspecified atom stereocenters. The van der Waals surface area contributed by atoms with Crippen LogP contribution in [0.3, 0.4) is 0 Å². The van der Waals surface area contributed by atoms with E-state index in [4.69, 9.17) is 0 Å². The first-order valence-corrected chi connectivity index (χ1v) is 5.21. The number of rotatable bonds is 5. The van der Waals surface area contributed by atoms with Gasteiger partial charge in [0, 0.05) is 5.92 Å². The van der Waals surface area contributed by atoms with Gasteiger partial charge in [-0.2, -0.15) is 0 Å². The molecule has 1 heteroatoms. The van der Waals surface area contributed by atoms with Crippen molar-refractivity contribution >= 4 is 6.29 Å². The molecule has 1 atom stereocenters. The molecule has 0 aliphatic rings. The number of hydrogen-bond donors (Lipinski definition) is 0. The summed E-state index contributed by atoms with van der Waals surface area (Å²) in [5.41, 5.74) is 1.25. The van der Waals surface area contributed by atoms with Gasteiger partial charge in [-0.1, -0.05) is 44.2 Å². The van der Waals surface area contributed by atoms with Crippen LogP contribution in [-0.2, 0) is 11.2 Å². The number of hydrogen-bond acceptors (Lipinski definition) is 1.